The standard InChI is InChI=1S/C38H57F3O8/c1-20(2)24(38(39,40)41)12-11-23(32(45)47-19-48-33(46)34(5,6)7)30-26-17-28(44)31-35(8)15-14-27(43)21(3)25(35)13-16-36(31,9)37(26,10)18-29(30)49-22(4)42/h21,25-29,31,43-44H,11-19H2,1-10H3/b30-23-/t21-,25-,26-,27+,28+,29-,31?,35-,36-,37-/m0/s1. The lowest BCUT2D eigenvalue weighted by molar-refractivity contribution is -0.234. The van der Waals surface area contributed by atoms with Gasteiger partial charge in [-0.25, -0.2) is 4.79 Å². The van der Waals surface area contributed by atoms with Crippen LogP contribution in [0.25, 0.3) is 0 Å². The van der Waals surface area contributed by atoms with Crippen molar-refractivity contribution in [3.8, 4) is 0 Å². The van der Waals surface area contributed by atoms with Gasteiger partial charge in [0.1, 0.15) is 6.10 Å². The van der Waals surface area contributed by atoms with Crippen LogP contribution in [-0.2, 0) is 28.6 Å². The molecule has 49 heavy (non-hydrogen) atoms. The van der Waals surface area contributed by atoms with E-state index in [-0.39, 0.29) is 47.2 Å². The Morgan fingerprint density at radius 1 is 0.898 bits per heavy atom. The van der Waals surface area contributed by atoms with Gasteiger partial charge >= 0.3 is 24.1 Å². The molecule has 0 aromatic carbocycles. The molecule has 0 spiro atoms. The summed E-state index contributed by atoms with van der Waals surface area (Å²) in [4.78, 5) is 38.9. The second-order valence-electron chi connectivity index (χ2n) is 17.2. The van der Waals surface area contributed by atoms with E-state index in [2.05, 4.69) is 27.7 Å². The van der Waals surface area contributed by atoms with E-state index < -0.39 is 83.3 Å². The molecule has 2 N–H and O–H groups in total. The molecule has 4 aliphatic carbocycles. The maximum Gasteiger partial charge on any atom is 0.412 e. The van der Waals surface area contributed by atoms with Crippen molar-refractivity contribution in [2.75, 3.05) is 6.79 Å². The molecule has 0 radical (unpaired) electrons. The lowest BCUT2D eigenvalue weighted by atomic mass is 9.36. The highest BCUT2D eigenvalue weighted by molar-refractivity contribution is 5.90. The minimum Gasteiger partial charge on any atom is -0.458 e. The van der Waals surface area contributed by atoms with Crippen LogP contribution in [0.3, 0.4) is 0 Å². The number of carbonyl (C=O) groups excluding carboxylic acids is 3. The zero-order chi connectivity index (χ0) is 37.1. The summed E-state index contributed by atoms with van der Waals surface area (Å²) < 4.78 is 58.9. The number of alkyl halides is 3. The highest BCUT2D eigenvalue weighted by Crippen LogP contribution is 2.74. The molecule has 278 valence electrons. The van der Waals surface area contributed by atoms with Crippen LogP contribution in [-0.4, -0.2) is 59.4 Å². The fraction of sp³-hybridized carbons (Fsp3) is 0.816. The average molecular weight is 699 g/mol. The van der Waals surface area contributed by atoms with E-state index in [0.717, 1.165) is 19.3 Å². The Bertz CT molecular complexity index is 1370. The Balaban J connectivity index is 1.84. The number of ether oxygens (including phenoxy) is 3. The highest BCUT2D eigenvalue weighted by atomic mass is 19.4. The third kappa shape index (κ3) is 7.09. The molecule has 1 unspecified atom stereocenters. The van der Waals surface area contributed by atoms with Crippen LogP contribution < -0.4 is 0 Å². The first kappa shape index (κ1) is 39.4. The van der Waals surface area contributed by atoms with Crippen LogP contribution in [0.2, 0.25) is 0 Å². The molecule has 10 atom stereocenters. The van der Waals surface area contributed by atoms with Gasteiger partial charge in [-0.1, -0.05) is 33.3 Å². The molecule has 0 bridgehead atoms. The average Bonchev–Trinajstić information content (AvgIpc) is 3.22. The molecule has 4 saturated carbocycles. The SMILES string of the molecule is CC(=O)O[C@H]1C[C@@]2(C)[C@@H](C[C@@H](O)C3[C@]2(C)CC[C@H]2[C@H](C)[C@H](O)CC[C@]32C)/C1=C(\CCC(=C(C)C)C(F)(F)F)C(=O)OCOC(=O)C(C)(C)C. The first-order chi connectivity index (χ1) is 22.4. The monoisotopic (exact) mass is 698 g/mol. The Hall–Kier alpha value is -2.40. The van der Waals surface area contributed by atoms with Gasteiger partial charge in [0.05, 0.1) is 17.6 Å². The van der Waals surface area contributed by atoms with Crippen LogP contribution in [0.4, 0.5) is 13.2 Å². The van der Waals surface area contributed by atoms with Crippen molar-refractivity contribution < 1.29 is 52.0 Å². The molecule has 0 heterocycles. The van der Waals surface area contributed by atoms with Crippen LogP contribution in [0.5, 0.6) is 0 Å². The Morgan fingerprint density at radius 3 is 2.08 bits per heavy atom. The normalized spacial score (nSPS) is 38.4. The Labute approximate surface area is 289 Å². The first-order valence-corrected chi connectivity index (χ1v) is 17.7. The largest absolute Gasteiger partial charge is 0.458 e. The second-order valence-corrected chi connectivity index (χ2v) is 17.2. The summed E-state index contributed by atoms with van der Waals surface area (Å²) in [6, 6.07) is 0. The number of aliphatic hydroxyl groups excluding tert-OH is 2. The predicted molar refractivity (Wildman–Crippen MR) is 176 cm³/mol. The summed E-state index contributed by atoms with van der Waals surface area (Å²) in [5.74, 6) is -2.53. The number of halogens is 3. The number of hydrogen-bond acceptors (Lipinski definition) is 8. The highest BCUT2D eigenvalue weighted by Gasteiger charge is 2.71. The van der Waals surface area contributed by atoms with Crippen molar-refractivity contribution in [1.29, 1.82) is 0 Å². The van der Waals surface area contributed by atoms with Gasteiger partial charge in [-0.15, -0.1) is 0 Å². The molecule has 0 saturated heterocycles. The third-order valence-electron chi connectivity index (χ3n) is 13.2. The lowest BCUT2D eigenvalue weighted by Crippen LogP contribution is -2.65. The van der Waals surface area contributed by atoms with E-state index in [9.17, 15) is 37.8 Å². The van der Waals surface area contributed by atoms with Crippen molar-refractivity contribution in [2.24, 2.45) is 45.3 Å². The smallest absolute Gasteiger partial charge is 0.412 e. The van der Waals surface area contributed by atoms with E-state index in [0.29, 0.717) is 18.4 Å². The minimum atomic E-state index is -4.62. The van der Waals surface area contributed by atoms with E-state index >= 15 is 0 Å². The van der Waals surface area contributed by atoms with Crippen molar-refractivity contribution in [1.82, 2.24) is 0 Å². The number of rotatable bonds is 7. The first-order valence-electron chi connectivity index (χ1n) is 17.7. The summed E-state index contributed by atoms with van der Waals surface area (Å²) in [7, 11) is 0. The molecule has 4 fully saturated rings. The number of hydrogen-bond donors (Lipinski definition) is 2. The molecule has 0 aliphatic heterocycles. The number of esters is 3. The topological polar surface area (TPSA) is 119 Å². The van der Waals surface area contributed by atoms with E-state index in [4.69, 9.17) is 14.2 Å². The van der Waals surface area contributed by atoms with Gasteiger partial charge in [-0.2, -0.15) is 13.2 Å². The van der Waals surface area contributed by atoms with Gasteiger partial charge in [0.2, 0.25) is 6.79 Å². The Morgan fingerprint density at radius 2 is 1.53 bits per heavy atom. The van der Waals surface area contributed by atoms with Crippen molar-refractivity contribution in [2.45, 2.75) is 145 Å². The zero-order valence-corrected chi connectivity index (χ0v) is 30.9. The van der Waals surface area contributed by atoms with Gasteiger partial charge < -0.3 is 24.4 Å². The maximum absolute atomic E-state index is 14.1. The van der Waals surface area contributed by atoms with Crippen molar-refractivity contribution in [3.63, 3.8) is 0 Å². The predicted octanol–water partition coefficient (Wildman–Crippen LogP) is 7.60. The van der Waals surface area contributed by atoms with Gasteiger partial charge in [-0.3, -0.25) is 9.59 Å². The second kappa shape index (κ2) is 13.6. The number of aliphatic hydroxyl groups is 2. The van der Waals surface area contributed by atoms with Gasteiger partial charge in [-0.05, 0) is 131 Å². The van der Waals surface area contributed by atoms with Gasteiger partial charge in [0, 0.05) is 18.1 Å². The molecule has 4 aliphatic rings. The summed E-state index contributed by atoms with van der Waals surface area (Å²) in [6.07, 6.45) is -4.11. The molecule has 0 amide bonds. The van der Waals surface area contributed by atoms with E-state index in [1.54, 1.807) is 20.8 Å². The van der Waals surface area contributed by atoms with Crippen LogP contribution in [0.15, 0.2) is 22.3 Å². The molecule has 0 aromatic heterocycles. The maximum atomic E-state index is 14.1. The summed E-state index contributed by atoms with van der Waals surface area (Å²) in [5.41, 5.74) is -2.59. The lowest BCUT2D eigenvalue weighted by Gasteiger charge is -2.69. The minimum absolute atomic E-state index is 0.0432. The third-order valence-corrected chi connectivity index (χ3v) is 13.2. The summed E-state index contributed by atoms with van der Waals surface area (Å²) >= 11 is 0. The molecule has 8 nitrogen and oxygen atoms in total. The number of carbonyl (C=O) groups is 3. The summed E-state index contributed by atoms with van der Waals surface area (Å²) in [5, 5.41) is 22.9. The van der Waals surface area contributed by atoms with Gasteiger partial charge in [0.25, 0.3) is 0 Å². The number of fused-ring (bicyclic) bond motifs is 5. The van der Waals surface area contributed by atoms with Crippen molar-refractivity contribution in [3.05, 3.63) is 22.3 Å². The Kier molecular flexibility index (Phi) is 10.9. The van der Waals surface area contributed by atoms with Crippen LogP contribution in [0, 0.1) is 45.3 Å². The van der Waals surface area contributed by atoms with E-state index in [1.165, 1.54) is 20.8 Å². The molecular weight excluding hydrogens is 641 g/mol. The molecule has 4 rings (SSSR count). The number of allylic oxidation sites excluding steroid dienone is 2. The quantitative estimate of drug-likeness (QED) is 0.121. The zero-order valence-electron chi connectivity index (χ0n) is 30.9. The summed E-state index contributed by atoms with van der Waals surface area (Å²) in [6.45, 7) is 16.8. The van der Waals surface area contributed by atoms with Gasteiger partial charge in [0.15, 0.2) is 0 Å². The fourth-order valence-electron chi connectivity index (χ4n) is 10.6. The molecule has 11 heteroatoms. The van der Waals surface area contributed by atoms with E-state index in [1.807, 2.05) is 0 Å². The molecule has 0 aromatic rings. The van der Waals surface area contributed by atoms with Crippen LogP contribution in [0.1, 0.15) is 121 Å². The fourth-order valence-corrected chi connectivity index (χ4v) is 10.6. The van der Waals surface area contributed by atoms with Crippen LogP contribution >= 0.6 is 0 Å². The van der Waals surface area contributed by atoms with Crippen molar-refractivity contribution >= 4 is 17.9 Å². The molecular formula is C38H57F3O8.